The van der Waals surface area contributed by atoms with Crippen LogP contribution in [0.4, 0.5) is 5.69 Å². The first-order chi connectivity index (χ1) is 8.52. The topological polar surface area (TPSA) is 75.6 Å². The molecule has 0 bridgehead atoms. The minimum Gasteiger partial charge on any atom is -0.494 e. The fraction of sp³-hybridized carbons (Fsp3) is 0.231. The minimum absolute atomic E-state index is 0.0153. The van der Waals surface area contributed by atoms with Crippen molar-refractivity contribution in [3.8, 4) is 5.75 Å². The van der Waals surface area contributed by atoms with Gasteiger partial charge in [-0.25, -0.2) is 4.79 Å². The van der Waals surface area contributed by atoms with Gasteiger partial charge in [-0.05, 0) is 38.1 Å². The van der Waals surface area contributed by atoms with Crippen LogP contribution in [0.2, 0.25) is 0 Å². The largest absolute Gasteiger partial charge is 0.494 e. The fourth-order valence-corrected chi connectivity index (χ4v) is 1.24. The molecule has 0 saturated heterocycles. The lowest BCUT2D eigenvalue weighted by molar-refractivity contribution is -0.132. The fourth-order valence-electron chi connectivity index (χ4n) is 1.24. The Morgan fingerprint density at radius 3 is 2.44 bits per heavy atom. The minimum atomic E-state index is -1.11. The number of ether oxygens (including phenoxy) is 1. The highest BCUT2D eigenvalue weighted by atomic mass is 16.5. The van der Waals surface area contributed by atoms with Gasteiger partial charge in [-0.15, -0.1) is 0 Å². The van der Waals surface area contributed by atoms with E-state index < -0.39 is 11.9 Å². The van der Waals surface area contributed by atoms with Gasteiger partial charge in [-0.2, -0.15) is 0 Å². The third kappa shape index (κ3) is 4.29. The number of carboxylic acid groups (broad SMARTS) is 1. The average molecular weight is 249 g/mol. The van der Waals surface area contributed by atoms with Crippen LogP contribution in [0.1, 0.15) is 13.8 Å². The molecule has 2 N–H and O–H groups in total. The van der Waals surface area contributed by atoms with Crippen LogP contribution in [-0.4, -0.2) is 23.6 Å². The molecule has 0 aliphatic carbocycles. The van der Waals surface area contributed by atoms with Crippen LogP contribution in [0.15, 0.2) is 35.9 Å². The number of aliphatic carboxylic acids is 1. The number of anilines is 1. The Morgan fingerprint density at radius 1 is 1.33 bits per heavy atom. The summed E-state index contributed by atoms with van der Waals surface area (Å²) in [5.74, 6) is -0.872. The lowest BCUT2D eigenvalue weighted by Gasteiger charge is -2.05. The highest BCUT2D eigenvalue weighted by Crippen LogP contribution is 2.15. The van der Waals surface area contributed by atoms with E-state index in [1.165, 1.54) is 6.92 Å². The van der Waals surface area contributed by atoms with Crippen molar-refractivity contribution in [3.05, 3.63) is 35.9 Å². The summed E-state index contributed by atoms with van der Waals surface area (Å²) in [5.41, 5.74) is 0.566. The molecule has 1 amide bonds. The molecular weight excluding hydrogens is 234 g/mol. The molecule has 18 heavy (non-hydrogen) atoms. The molecule has 0 saturated carbocycles. The molecule has 0 fully saturated rings. The second-order valence-electron chi connectivity index (χ2n) is 3.58. The standard InChI is InChI=1S/C13H15NO4/c1-3-18-11-6-4-10(5-7-11)14-12(15)8-9(2)13(16)17/h4-8H,3H2,1-2H3,(H,14,15)(H,16,17)/b9-8+. The molecule has 0 heterocycles. The summed E-state index contributed by atoms with van der Waals surface area (Å²) < 4.78 is 5.26. The van der Waals surface area contributed by atoms with Gasteiger partial charge < -0.3 is 15.2 Å². The molecule has 0 spiro atoms. The summed E-state index contributed by atoms with van der Waals surface area (Å²) in [6.45, 7) is 3.82. The molecule has 0 aliphatic heterocycles. The molecule has 0 unspecified atom stereocenters. The highest BCUT2D eigenvalue weighted by Gasteiger charge is 2.04. The first kappa shape index (κ1) is 13.8. The van der Waals surface area contributed by atoms with Gasteiger partial charge in [0.15, 0.2) is 0 Å². The first-order valence-corrected chi connectivity index (χ1v) is 5.48. The number of carbonyl (C=O) groups excluding carboxylic acids is 1. The number of rotatable bonds is 5. The molecule has 1 aromatic carbocycles. The zero-order valence-electron chi connectivity index (χ0n) is 10.3. The zero-order chi connectivity index (χ0) is 13.5. The Labute approximate surface area is 105 Å². The van der Waals surface area contributed by atoms with E-state index in [0.29, 0.717) is 18.0 Å². The maximum absolute atomic E-state index is 11.5. The summed E-state index contributed by atoms with van der Waals surface area (Å²) in [4.78, 5) is 22.0. The summed E-state index contributed by atoms with van der Waals surface area (Å²) in [5, 5.41) is 11.2. The first-order valence-electron chi connectivity index (χ1n) is 5.48. The van der Waals surface area contributed by atoms with E-state index in [9.17, 15) is 9.59 Å². The van der Waals surface area contributed by atoms with Crippen LogP contribution in [0.25, 0.3) is 0 Å². The average Bonchev–Trinajstić information content (AvgIpc) is 2.31. The van der Waals surface area contributed by atoms with Crippen LogP contribution < -0.4 is 10.1 Å². The number of hydrogen-bond acceptors (Lipinski definition) is 3. The van der Waals surface area contributed by atoms with Crippen LogP contribution in [0.3, 0.4) is 0 Å². The molecule has 0 aromatic heterocycles. The Bertz CT molecular complexity index is 462. The predicted molar refractivity (Wildman–Crippen MR) is 67.6 cm³/mol. The summed E-state index contributed by atoms with van der Waals surface area (Å²) in [7, 11) is 0. The van der Waals surface area contributed by atoms with Gasteiger partial charge in [0.2, 0.25) is 5.91 Å². The van der Waals surface area contributed by atoms with Crippen molar-refractivity contribution in [3.63, 3.8) is 0 Å². The van der Waals surface area contributed by atoms with Crippen molar-refractivity contribution in [1.82, 2.24) is 0 Å². The van der Waals surface area contributed by atoms with Crippen molar-refractivity contribution >= 4 is 17.6 Å². The number of benzene rings is 1. The lowest BCUT2D eigenvalue weighted by atomic mass is 10.2. The van der Waals surface area contributed by atoms with Gasteiger partial charge in [0.05, 0.1) is 6.61 Å². The van der Waals surface area contributed by atoms with Gasteiger partial charge in [-0.3, -0.25) is 4.79 Å². The van der Waals surface area contributed by atoms with Gasteiger partial charge in [0, 0.05) is 17.3 Å². The third-order valence-electron chi connectivity index (χ3n) is 2.12. The van der Waals surface area contributed by atoms with Crippen LogP contribution in [-0.2, 0) is 9.59 Å². The van der Waals surface area contributed by atoms with E-state index in [-0.39, 0.29) is 5.57 Å². The van der Waals surface area contributed by atoms with Crippen molar-refractivity contribution in [2.45, 2.75) is 13.8 Å². The van der Waals surface area contributed by atoms with E-state index in [0.717, 1.165) is 6.08 Å². The number of hydrogen-bond donors (Lipinski definition) is 2. The smallest absolute Gasteiger partial charge is 0.331 e. The molecule has 5 heteroatoms. The van der Waals surface area contributed by atoms with Gasteiger partial charge in [0.1, 0.15) is 5.75 Å². The van der Waals surface area contributed by atoms with Crippen molar-refractivity contribution in [2.75, 3.05) is 11.9 Å². The molecule has 1 aromatic rings. The van der Waals surface area contributed by atoms with Crippen molar-refractivity contribution in [2.24, 2.45) is 0 Å². The van der Waals surface area contributed by atoms with Gasteiger partial charge in [-0.1, -0.05) is 0 Å². The molecule has 0 radical (unpaired) electrons. The zero-order valence-corrected chi connectivity index (χ0v) is 10.3. The number of carboxylic acids is 1. The maximum Gasteiger partial charge on any atom is 0.331 e. The SMILES string of the molecule is CCOc1ccc(NC(=O)/C=C(\C)C(=O)O)cc1. The van der Waals surface area contributed by atoms with Crippen LogP contribution >= 0.6 is 0 Å². The summed E-state index contributed by atoms with van der Waals surface area (Å²) in [6, 6.07) is 6.83. The Morgan fingerprint density at radius 2 is 1.94 bits per heavy atom. The van der Waals surface area contributed by atoms with Crippen molar-refractivity contribution < 1.29 is 19.4 Å². The van der Waals surface area contributed by atoms with E-state index in [2.05, 4.69) is 5.32 Å². The van der Waals surface area contributed by atoms with Gasteiger partial charge >= 0.3 is 5.97 Å². The van der Waals surface area contributed by atoms with E-state index in [1.807, 2.05) is 6.92 Å². The normalized spacial score (nSPS) is 10.9. The summed E-state index contributed by atoms with van der Waals surface area (Å²) in [6.07, 6.45) is 1.04. The van der Waals surface area contributed by atoms with Crippen molar-refractivity contribution in [1.29, 1.82) is 0 Å². The Hall–Kier alpha value is -2.30. The Kier molecular flexibility index (Phi) is 4.92. The number of amides is 1. The lowest BCUT2D eigenvalue weighted by Crippen LogP contribution is -2.10. The molecule has 96 valence electrons. The molecular formula is C13H15NO4. The van der Waals surface area contributed by atoms with E-state index in [4.69, 9.17) is 9.84 Å². The molecule has 0 atom stereocenters. The number of nitrogens with one attached hydrogen (secondary N) is 1. The molecule has 5 nitrogen and oxygen atoms in total. The quantitative estimate of drug-likeness (QED) is 0.783. The molecule has 0 aliphatic rings. The van der Waals surface area contributed by atoms with E-state index in [1.54, 1.807) is 24.3 Å². The predicted octanol–water partition coefficient (Wildman–Crippen LogP) is 2.05. The second kappa shape index (κ2) is 6.44. The highest BCUT2D eigenvalue weighted by molar-refractivity contribution is 6.04. The Balaban J connectivity index is 2.65. The third-order valence-corrected chi connectivity index (χ3v) is 2.12. The summed E-state index contributed by atoms with van der Waals surface area (Å²) >= 11 is 0. The van der Waals surface area contributed by atoms with Crippen LogP contribution in [0, 0.1) is 0 Å². The maximum atomic E-state index is 11.5. The second-order valence-corrected chi connectivity index (χ2v) is 3.58. The van der Waals surface area contributed by atoms with E-state index >= 15 is 0 Å². The van der Waals surface area contributed by atoms with Gasteiger partial charge in [0.25, 0.3) is 0 Å². The number of carbonyl (C=O) groups is 2. The van der Waals surface area contributed by atoms with Crippen LogP contribution in [0.5, 0.6) is 5.75 Å². The molecule has 1 rings (SSSR count). The monoisotopic (exact) mass is 249 g/mol.